The van der Waals surface area contributed by atoms with Gasteiger partial charge in [-0.3, -0.25) is 4.79 Å². The number of aromatic hydroxyl groups is 1. The Morgan fingerprint density at radius 1 is 1.62 bits per heavy atom. The number of halogens is 1. The predicted octanol–water partition coefficient (Wildman–Crippen LogP) is 1.63. The number of Topliss-reactive ketones (excluding diaryl/α,β-unsaturated/α-hetero) is 1. The molecule has 13 heavy (non-hydrogen) atoms. The van der Waals surface area contributed by atoms with E-state index in [0.717, 1.165) is 12.1 Å². The summed E-state index contributed by atoms with van der Waals surface area (Å²) in [5.41, 5.74) is 0.139. The Hall–Kier alpha value is -1.89. The van der Waals surface area contributed by atoms with Crippen LogP contribution in [0, 0.1) is 17.1 Å². The Morgan fingerprint density at radius 3 is 2.85 bits per heavy atom. The molecular weight excluding hydrogens is 173 g/mol. The Kier molecular flexibility index (Phi) is 2.60. The zero-order valence-corrected chi connectivity index (χ0v) is 6.62. The molecule has 0 saturated heterocycles. The second-order valence-corrected chi connectivity index (χ2v) is 2.42. The molecule has 0 radical (unpaired) electrons. The summed E-state index contributed by atoms with van der Waals surface area (Å²) < 4.78 is 12.5. The van der Waals surface area contributed by atoms with E-state index in [0.29, 0.717) is 0 Å². The first-order valence-corrected chi connectivity index (χ1v) is 3.54. The predicted molar refractivity (Wildman–Crippen MR) is 42.6 cm³/mol. The molecule has 0 saturated carbocycles. The van der Waals surface area contributed by atoms with Crippen molar-refractivity contribution in [3.05, 3.63) is 29.6 Å². The van der Waals surface area contributed by atoms with Gasteiger partial charge in [0.25, 0.3) is 0 Å². The van der Waals surface area contributed by atoms with Crippen LogP contribution in [0.15, 0.2) is 18.2 Å². The summed E-state index contributed by atoms with van der Waals surface area (Å²) >= 11 is 0. The molecule has 0 heterocycles. The lowest BCUT2D eigenvalue weighted by atomic mass is 10.1. The fourth-order valence-electron chi connectivity index (χ4n) is 0.860. The maximum atomic E-state index is 12.5. The van der Waals surface area contributed by atoms with Crippen molar-refractivity contribution < 1.29 is 14.3 Å². The van der Waals surface area contributed by atoms with Crippen LogP contribution in [0.25, 0.3) is 0 Å². The van der Waals surface area contributed by atoms with Crippen molar-refractivity contribution in [2.45, 2.75) is 6.42 Å². The van der Waals surface area contributed by atoms with Gasteiger partial charge in [0.05, 0.1) is 12.5 Å². The number of hydrogen-bond donors (Lipinski definition) is 1. The van der Waals surface area contributed by atoms with Crippen LogP contribution in [-0.2, 0) is 0 Å². The molecule has 1 aromatic rings. The summed E-state index contributed by atoms with van der Waals surface area (Å²) in [5.74, 6) is -1.80. The van der Waals surface area contributed by atoms with E-state index in [2.05, 4.69) is 0 Å². The Morgan fingerprint density at radius 2 is 2.31 bits per heavy atom. The monoisotopic (exact) mass is 179 g/mol. The average Bonchev–Trinajstić information content (AvgIpc) is 2.10. The zero-order valence-electron chi connectivity index (χ0n) is 6.62. The van der Waals surface area contributed by atoms with Crippen LogP contribution >= 0.6 is 0 Å². The van der Waals surface area contributed by atoms with E-state index in [1.54, 1.807) is 6.07 Å². The van der Waals surface area contributed by atoms with Gasteiger partial charge in [0.2, 0.25) is 0 Å². The molecule has 0 spiro atoms. The second kappa shape index (κ2) is 3.68. The third-order valence-electron chi connectivity index (χ3n) is 1.51. The van der Waals surface area contributed by atoms with Gasteiger partial charge in [-0.25, -0.2) is 4.39 Å². The molecule has 0 unspecified atom stereocenters. The number of phenols is 1. The third kappa shape index (κ3) is 2.03. The molecule has 1 aromatic carbocycles. The van der Waals surface area contributed by atoms with Crippen molar-refractivity contribution in [1.29, 1.82) is 5.26 Å². The quantitative estimate of drug-likeness (QED) is 0.702. The van der Waals surface area contributed by atoms with Gasteiger partial charge in [0, 0.05) is 5.56 Å². The Labute approximate surface area is 74.0 Å². The molecule has 0 bridgehead atoms. The SMILES string of the molecule is N#CCC(=O)c1ccc(F)c(O)c1. The van der Waals surface area contributed by atoms with Crippen LogP contribution < -0.4 is 0 Å². The van der Waals surface area contributed by atoms with Gasteiger partial charge in [-0.05, 0) is 18.2 Å². The molecule has 66 valence electrons. The molecule has 0 aromatic heterocycles. The lowest BCUT2D eigenvalue weighted by molar-refractivity contribution is 0.0997. The molecule has 0 aliphatic carbocycles. The van der Waals surface area contributed by atoms with Crippen LogP contribution in [-0.4, -0.2) is 10.9 Å². The third-order valence-corrected chi connectivity index (χ3v) is 1.51. The summed E-state index contributed by atoms with van der Waals surface area (Å²) in [6.45, 7) is 0. The fraction of sp³-hybridized carbons (Fsp3) is 0.111. The van der Waals surface area contributed by atoms with Gasteiger partial charge in [0.15, 0.2) is 17.3 Å². The minimum absolute atomic E-state index is 0.139. The highest BCUT2D eigenvalue weighted by atomic mass is 19.1. The first-order valence-electron chi connectivity index (χ1n) is 3.54. The van der Waals surface area contributed by atoms with Gasteiger partial charge in [-0.15, -0.1) is 0 Å². The Bertz CT molecular complexity index is 382. The smallest absolute Gasteiger partial charge is 0.177 e. The lowest BCUT2D eigenvalue weighted by Gasteiger charge is -1.98. The molecule has 0 atom stereocenters. The van der Waals surface area contributed by atoms with E-state index in [1.165, 1.54) is 6.07 Å². The number of hydrogen-bond acceptors (Lipinski definition) is 3. The molecule has 0 amide bonds. The number of ketones is 1. The minimum atomic E-state index is -0.784. The molecule has 4 heteroatoms. The summed E-state index contributed by atoms with van der Waals surface area (Å²) in [5, 5.41) is 17.1. The first-order chi connectivity index (χ1) is 6.15. The number of phenolic OH excluding ortho intramolecular Hbond substituents is 1. The average molecular weight is 179 g/mol. The molecule has 3 nitrogen and oxygen atoms in total. The van der Waals surface area contributed by atoms with Gasteiger partial charge in [0.1, 0.15) is 0 Å². The van der Waals surface area contributed by atoms with E-state index in [4.69, 9.17) is 10.4 Å². The highest BCUT2D eigenvalue weighted by molar-refractivity contribution is 5.97. The minimum Gasteiger partial charge on any atom is -0.505 e. The van der Waals surface area contributed by atoms with E-state index >= 15 is 0 Å². The van der Waals surface area contributed by atoms with Crippen LogP contribution in [0.1, 0.15) is 16.8 Å². The van der Waals surface area contributed by atoms with Crippen LogP contribution in [0.2, 0.25) is 0 Å². The normalized spacial score (nSPS) is 9.23. The number of nitrogens with zero attached hydrogens (tertiary/aromatic N) is 1. The summed E-state index contributed by atoms with van der Waals surface area (Å²) in [4.78, 5) is 11.1. The van der Waals surface area contributed by atoms with Crippen molar-refractivity contribution in [2.24, 2.45) is 0 Å². The summed E-state index contributed by atoms with van der Waals surface area (Å²) in [6.07, 6.45) is -0.273. The van der Waals surface area contributed by atoms with E-state index in [9.17, 15) is 9.18 Å². The molecule has 1 rings (SSSR count). The lowest BCUT2D eigenvalue weighted by Crippen LogP contribution is -1.97. The van der Waals surface area contributed by atoms with Gasteiger partial charge >= 0.3 is 0 Å². The molecule has 0 fully saturated rings. The number of benzene rings is 1. The summed E-state index contributed by atoms with van der Waals surface area (Å²) in [6, 6.07) is 4.90. The van der Waals surface area contributed by atoms with E-state index in [-0.39, 0.29) is 12.0 Å². The number of carbonyl (C=O) groups is 1. The van der Waals surface area contributed by atoms with Gasteiger partial charge < -0.3 is 5.11 Å². The number of carbonyl (C=O) groups excluding carboxylic acids is 1. The van der Waals surface area contributed by atoms with Crippen LogP contribution in [0.5, 0.6) is 5.75 Å². The van der Waals surface area contributed by atoms with E-state index in [1.807, 2.05) is 0 Å². The maximum Gasteiger partial charge on any atom is 0.177 e. The summed E-state index contributed by atoms with van der Waals surface area (Å²) in [7, 11) is 0. The second-order valence-electron chi connectivity index (χ2n) is 2.42. The highest BCUT2D eigenvalue weighted by Crippen LogP contribution is 2.17. The fourth-order valence-corrected chi connectivity index (χ4v) is 0.860. The first kappa shape index (κ1) is 9.20. The van der Waals surface area contributed by atoms with Crippen molar-refractivity contribution in [3.8, 4) is 11.8 Å². The molecule has 1 N–H and O–H groups in total. The largest absolute Gasteiger partial charge is 0.505 e. The molecule has 0 aliphatic heterocycles. The van der Waals surface area contributed by atoms with E-state index < -0.39 is 17.3 Å². The van der Waals surface area contributed by atoms with Crippen molar-refractivity contribution in [1.82, 2.24) is 0 Å². The number of nitriles is 1. The van der Waals surface area contributed by atoms with Crippen LogP contribution in [0.3, 0.4) is 0 Å². The van der Waals surface area contributed by atoms with Gasteiger partial charge in [-0.2, -0.15) is 5.26 Å². The van der Waals surface area contributed by atoms with Crippen LogP contribution in [0.4, 0.5) is 4.39 Å². The maximum absolute atomic E-state index is 12.5. The van der Waals surface area contributed by atoms with Crippen molar-refractivity contribution >= 4 is 5.78 Å². The molecule has 0 aliphatic rings. The zero-order chi connectivity index (χ0) is 9.84. The van der Waals surface area contributed by atoms with Crippen molar-refractivity contribution in [2.75, 3.05) is 0 Å². The Balaban J connectivity index is 2.98. The highest BCUT2D eigenvalue weighted by Gasteiger charge is 2.07. The topological polar surface area (TPSA) is 61.1 Å². The van der Waals surface area contributed by atoms with Gasteiger partial charge in [-0.1, -0.05) is 0 Å². The number of rotatable bonds is 2. The standard InChI is InChI=1S/C9H6FNO2/c10-7-2-1-6(5-9(7)13)8(12)3-4-11/h1-2,5,13H,3H2. The molecular formula is C9H6FNO2. The van der Waals surface area contributed by atoms with Crippen molar-refractivity contribution in [3.63, 3.8) is 0 Å².